The van der Waals surface area contributed by atoms with Crippen LogP contribution in [0.1, 0.15) is 63.3 Å². The summed E-state index contributed by atoms with van der Waals surface area (Å²) in [7, 11) is 0. The second kappa shape index (κ2) is 8.77. The van der Waals surface area contributed by atoms with Crippen molar-refractivity contribution in [2.24, 2.45) is 0 Å². The van der Waals surface area contributed by atoms with Crippen molar-refractivity contribution in [3.05, 3.63) is 136 Å². The average Bonchev–Trinajstić information content (AvgIpc) is 3.62. The first-order chi connectivity index (χ1) is 18.8. The van der Waals surface area contributed by atoms with Crippen molar-refractivity contribution >= 4 is 10.8 Å². The molecule has 0 radical (unpaired) electrons. The van der Waals surface area contributed by atoms with Crippen LogP contribution in [-0.4, -0.2) is 0 Å². The predicted octanol–water partition coefficient (Wildman–Crippen LogP) is 8.68. The van der Waals surface area contributed by atoms with E-state index in [1.165, 1.54) is 68.1 Å². The van der Waals surface area contributed by atoms with E-state index in [1.807, 2.05) is 0 Å². The highest BCUT2D eigenvalue weighted by molar-refractivity contribution is 5.90. The lowest BCUT2D eigenvalue weighted by Gasteiger charge is -2.32. The minimum absolute atomic E-state index is 0.0578. The minimum atomic E-state index is 0.0578. The summed E-state index contributed by atoms with van der Waals surface area (Å²) < 4.78 is 13.4. The van der Waals surface area contributed by atoms with Crippen LogP contribution in [0, 0.1) is 0 Å². The van der Waals surface area contributed by atoms with Gasteiger partial charge < -0.3 is 9.47 Å². The van der Waals surface area contributed by atoms with Gasteiger partial charge in [-0.3, -0.25) is 0 Å². The summed E-state index contributed by atoms with van der Waals surface area (Å²) >= 11 is 0. The summed E-state index contributed by atoms with van der Waals surface area (Å²) in [4.78, 5) is 0. The van der Waals surface area contributed by atoms with Crippen LogP contribution in [0.2, 0.25) is 0 Å². The molecular formula is C36H30O2. The molecule has 0 atom stereocenters. The van der Waals surface area contributed by atoms with Gasteiger partial charge in [-0.15, -0.1) is 0 Å². The van der Waals surface area contributed by atoms with E-state index in [-0.39, 0.29) is 5.92 Å². The van der Waals surface area contributed by atoms with Gasteiger partial charge in [0.2, 0.25) is 0 Å². The molecule has 2 nitrogen and oxygen atoms in total. The van der Waals surface area contributed by atoms with E-state index in [4.69, 9.17) is 9.47 Å². The van der Waals surface area contributed by atoms with Crippen LogP contribution in [0.4, 0.5) is 0 Å². The van der Waals surface area contributed by atoms with Crippen molar-refractivity contribution in [1.82, 2.24) is 0 Å². The molecule has 5 aromatic carbocycles. The van der Waals surface area contributed by atoms with Crippen molar-refractivity contribution in [2.45, 2.75) is 51.0 Å². The first-order valence-corrected chi connectivity index (χ1v) is 14.0. The predicted molar refractivity (Wildman–Crippen MR) is 153 cm³/mol. The van der Waals surface area contributed by atoms with Gasteiger partial charge in [-0.05, 0) is 95.3 Å². The molecule has 1 heterocycles. The van der Waals surface area contributed by atoms with Crippen molar-refractivity contribution in [3.63, 3.8) is 0 Å². The third kappa shape index (κ3) is 3.55. The van der Waals surface area contributed by atoms with Crippen LogP contribution < -0.4 is 9.47 Å². The second-order valence-electron chi connectivity index (χ2n) is 11.0. The SMILES string of the molecule is c1ccc(COc2ccc3ccccc3c2C2c3cc4c(cc3Oc3cc5c(cc32)CCC5)CCC4)cc1. The molecule has 0 aromatic heterocycles. The smallest absolute Gasteiger partial charge is 0.131 e. The number of rotatable bonds is 4. The first kappa shape index (κ1) is 22.0. The quantitative estimate of drug-likeness (QED) is 0.244. The number of aryl methyl sites for hydroxylation is 4. The molecule has 3 aliphatic rings. The molecule has 0 saturated heterocycles. The van der Waals surface area contributed by atoms with E-state index in [1.54, 1.807) is 0 Å². The van der Waals surface area contributed by atoms with Gasteiger partial charge in [0.15, 0.2) is 0 Å². The highest BCUT2D eigenvalue weighted by Gasteiger charge is 2.35. The average molecular weight is 495 g/mol. The van der Waals surface area contributed by atoms with E-state index >= 15 is 0 Å². The third-order valence-electron chi connectivity index (χ3n) is 8.75. The molecule has 0 bridgehead atoms. The zero-order valence-electron chi connectivity index (χ0n) is 21.5. The molecule has 5 aromatic rings. The summed E-state index contributed by atoms with van der Waals surface area (Å²) in [6.45, 7) is 0.545. The van der Waals surface area contributed by atoms with Gasteiger partial charge in [-0.2, -0.15) is 0 Å². The maximum absolute atomic E-state index is 6.72. The topological polar surface area (TPSA) is 18.5 Å². The fraction of sp³-hybridized carbons (Fsp3) is 0.222. The van der Waals surface area contributed by atoms with Crippen LogP contribution >= 0.6 is 0 Å². The number of benzene rings is 5. The summed E-state index contributed by atoms with van der Waals surface area (Å²) in [5.74, 6) is 3.05. The highest BCUT2D eigenvalue weighted by Crippen LogP contribution is 2.53. The first-order valence-electron chi connectivity index (χ1n) is 14.0. The van der Waals surface area contributed by atoms with Crippen LogP contribution in [0.15, 0.2) is 91.0 Å². The lowest BCUT2D eigenvalue weighted by molar-refractivity contribution is 0.302. The molecule has 2 aliphatic carbocycles. The summed E-state index contributed by atoms with van der Waals surface area (Å²) in [5.41, 5.74) is 10.8. The molecule has 0 amide bonds. The van der Waals surface area contributed by atoms with Gasteiger partial charge in [0.1, 0.15) is 23.9 Å². The van der Waals surface area contributed by atoms with Gasteiger partial charge in [-0.25, -0.2) is 0 Å². The van der Waals surface area contributed by atoms with E-state index in [9.17, 15) is 0 Å². The van der Waals surface area contributed by atoms with Crippen LogP contribution in [0.25, 0.3) is 10.8 Å². The molecular weight excluding hydrogens is 464 g/mol. The monoisotopic (exact) mass is 494 g/mol. The third-order valence-corrected chi connectivity index (χ3v) is 8.75. The molecule has 0 spiro atoms. The Morgan fingerprint density at radius 3 is 1.92 bits per heavy atom. The number of fused-ring (bicyclic) bond motifs is 5. The Hall–Kier alpha value is -4.04. The number of hydrogen-bond acceptors (Lipinski definition) is 2. The second-order valence-corrected chi connectivity index (χ2v) is 11.0. The summed E-state index contributed by atoms with van der Waals surface area (Å²) in [6.07, 6.45) is 7.05. The Morgan fingerprint density at radius 2 is 1.24 bits per heavy atom. The Balaban J connectivity index is 1.37. The molecule has 2 heteroatoms. The molecule has 38 heavy (non-hydrogen) atoms. The van der Waals surface area contributed by atoms with Gasteiger partial charge in [0.05, 0.1) is 0 Å². The van der Waals surface area contributed by atoms with E-state index in [0.29, 0.717) is 6.61 Å². The van der Waals surface area contributed by atoms with Crippen LogP contribution in [0.3, 0.4) is 0 Å². The van der Waals surface area contributed by atoms with E-state index in [2.05, 4.69) is 91.0 Å². The Morgan fingerprint density at radius 1 is 0.632 bits per heavy atom. The van der Waals surface area contributed by atoms with Crippen LogP contribution in [-0.2, 0) is 32.3 Å². The Labute approximate surface area is 223 Å². The molecule has 0 N–H and O–H groups in total. The highest BCUT2D eigenvalue weighted by atomic mass is 16.5. The number of hydrogen-bond donors (Lipinski definition) is 0. The fourth-order valence-corrected chi connectivity index (χ4v) is 6.90. The van der Waals surface area contributed by atoms with Gasteiger partial charge in [0, 0.05) is 22.6 Å². The molecule has 186 valence electrons. The van der Waals surface area contributed by atoms with Crippen molar-refractivity contribution in [1.29, 1.82) is 0 Å². The summed E-state index contributed by atoms with van der Waals surface area (Å²) in [5, 5.41) is 2.49. The zero-order valence-corrected chi connectivity index (χ0v) is 21.5. The Kier molecular flexibility index (Phi) is 5.07. The van der Waals surface area contributed by atoms with Crippen molar-refractivity contribution < 1.29 is 9.47 Å². The molecule has 1 aliphatic heterocycles. The molecule has 0 saturated carbocycles. The van der Waals surface area contributed by atoms with E-state index < -0.39 is 0 Å². The van der Waals surface area contributed by atoms with Crippen molar-refractivity contribution in [3.8, 4) is 17.2 Å². The molecule has 8 rings (SSSR count). The lowest BCUT2D eigenvalue weighted by atomic mass is 9.78. The fourth-order valence-electron chi connectivity index (χ4n) is 6.90. The molecule has 0 fully saturated rings. The zero-order chi connectivity index (χ0) is 25.1. The minimum Gasteiger partial charge on any atom is -0.489 e. The van der Waals surface area contributed by atoms with Crippen molar-refractivity contribution in [2.75, 3.05) is 0 Å². The number of ether oxygens (including phenoxy) is 2. The maximum atomic E-state index is 6.72. The standard InChI is InChI=1S/C36H30O2/c1-2-8-23(9-3-1)22-37-32-17-16-24-10-4-5-15-29(24)36(32)35-30-18-25-11-6-13-27(25)20-33(30)38-34-21-28-14-7-12-26(28)19-31(34)35/h1-5,8-10,15-21,35H,6-7,11-14,22H2. The van der Waals surface area contributed by atoms with E-state index in [0.717, 1.165) is 42.9 Å². The lowest BCUT2D eigenvalue weighted by Crippen LogP contribution is -2.15. The largest absolute Gasteiger partial charge is 0.489 e. The maximum Gasteiger partial charge on any atom is 0.131 e. The van der Waals surface area contributed by atoms with Gasteiger partial charge >= 0.3 is 0 Å². The molecule has 0 unspecified atom stereocenters. The Bertz CT molecular complexity index is 1640. The normalized spacial score (nSPS) is 15.5. The van der Waals surface area contributed by atoms with Gasteiger partial charge in [-0.1, -0.05) is 72.8 Å². The van der Waals surface area contributed by atoms with Crippen LogP contribution in [0.5, 0.6) is 17.2 Å². The summed E-state index contributed by atoms with van der Waals surface area (Å²) in [6, 6.07) is 33.1. The van der Waals surface area contributed by atoms with Gasteiger partial charge in [0.25, 0.3) is 0 Å².